The molecule has 0 spiro atoms. The van der Waals surface area contributed by atoms with E-state index in [1.807, 2.05) is 18.2 Å². The maximum Gasteiger partial charge on any atom is 0.191 e. The first-order valence-electron chi connectivity index (χ1n) is 9.17. The second-order valence-corrected chi connectivity index (χ2v) is 6.94. The summed E-state index contributed by atoms with van der Waals surface area (Å²) in [6.45, 7) is 9.07. The van der Waals surface area contributed by atoms with Gasteiger partial charge in [-0.15, -0.1) is 35.3 Å². The molecule has 1 fully saturated rings. The molecule has 3 rings (SSSR count). The van der Waals surface area contributed by atoms with Gasteiger partial charge in [-0.2, -0.15) is 0 Å². The van der Waals surface area contributed by atoms with E-state index in [0.717, 1.165) is 68.2 Å². The number of nitrogens with one attached hydrogen (secondary N) is 2. The number of morpholine rings is 1. The minimum atomic E-state index is 0. The highest BCUT2D eigenvalue weighted by atomic mass is 127. The first-order chi connectivity index (χ1) is 12.8. The Hall–Kier alpha value is -1.23. The van der Waals surface area contributed by atoms with Crippen molar-refractivity contribution in [2.45, 2.75) is 13.5 Å². The average molecular weight is 501 g/mol. The fourth-order valence-electron chi connectivity index (χ4n) is 2.75. The minimum absolute atomic E-state index is 0. The summed E-state index contributed by atoms with van der Waals surface area (Å²) in [5.74, 6) is 0.843. The number of benzene rings is 1. The molecule has 0 unspecified atom stereocenters. The molecule has 0 bridgehead atoms. The number of guanidine groups is 1. The lowest BCUT2D eigenvalue weighted by atomic mass is 10.2. The van der Waals surface area contributed by atoms with E-state index in [2.05, 4.69) is 45.0 Å². The fraction of sp³-hybridized carbons (Fsp3) is 0.474. The summed E-state index contributed by atoms with van der Waals surface area (Å²) in [5, 5.41) is 9.84. The van der Waals surface area contributed by atoms with Crippen LogP contribution in [0.4, 0.5) is 0 Å². The number of ether oxygens (including phenoxy) is 1. The highest BCUT2D eigenvalue weighted by Gasteiger charge is 2.10. The standard InChI is InChI=1S/C19H27N5OS.HI/c1-2-20-19(21-8-9-24-10-12-25-13-11-24)22-14-17-15-26-18(23-17)16-6-4-3-5-7-16;/h3-7,15H,2,8-14H2,1H3,(H2,20,21,22);1H. The van der Waals surface area contributed by atoms with Crippen LogP contribution in [0.15, 0.2) is 40.7 Å². The van der Waals surface area contributed by atoms with Gasteiger partial charge >= 0.3 is 0 Å². The monoisotopic (exact) mass is 501 g/mol. The largest absolute Gasteiger partial charge is 0.379 e. The van der Waals surface area contributed by atoms with Crippen LogP contribution in [0.5, 0.6) is 0 Å². The SMILES string of the molecule is CCNC(=NCc1csc(-c2ccccc2)n1)NCCN1CCOCC1.I. The zero-order valence-corrected chi connectivity index (χ0v) is 18.8. The van der Waals surface area contributed by atoms with E-state index in [9.17, 15) is 0 Å². The van der Waals surface area contributed by atoms with Gasteiger partial charge in [0.25, 0.3) is 0 Å². The Kier molecular flexibility index (Phi) is 10.0. The molecule has 0 radical (unpaired) electrons. The summed E-state index contributed by atoms with van der Waals surface area (Å²) in [7, 11) is 0. The molecule has 27 heavy (non-hydrogen) atoms. The minimum Gasteiger partial charge on any atom is -0.379 e. The van der Waals surface area contributed by atoms with Crippen LogP contribution in [-0.2, 0) is 11.3 Å². The predicted octanol–water partition coefficient (Wildman–Crippen LogP) is 2.82. The molecule has 1 aliphatic rings. The van der Waals surface area contributed by atoms with Crippen molar-refractivity contribution in [3.63, 3.8) is 0 Å². The summed E-state index contributed by atoms with van der Waals surface area (Å²) in [5.41, 5.74) is 2.16. The van der Waals surface area contributed by atoms with E-state index >= 15 is 0 Å². The summed E-state index contributed by atoms with van der Waals surface area (Å²) in [4.78, 5) is 11.8. The summed E-state index contributed by atoms with van der Waals surface area (Å²) in [6.07, 6.45) is 0. The number of thiazole rings is 1. The molecular formula is C19H28IN5OS. The first kappa shape index (κ1) is 22.1. The summed E-state index contributed by atoms with van der Waals surface area (Å²) < 4.78 is 5.38. The first-order valence-corrected chi connectivity index (χ1v) is 10.0. The lowest BCUT2D eigenvalue weighted by Gasteiger charge is -2.26. The number of halogens is 1. The van der Waals surface area contributed by atoms with Gasteiger partial charge < -0.3 is 15.4 Å². The van der Waals surface area contributed by atoms with Gasteiger partial charge in [-0.25, -0.2) is 9.98 Å². The molecule has 1 aromatic heterocycles. The smallest absolute Gasteiger partial charge is 0.191 e. The van der Waals surface area contributed by atoms with Gasteiger partial charge in [0.1, 0.15) is 5.01 Å². The molecule has 8 heteroatoms. The second-order valence-electron chi connectivity index (χ2n) is 6.09. The normalized spacial score (nSPS) is 15.2. The molecule has 2 N–H and O–H groups in total. The Morgan fingerprint density at radius 2 is 2.00 bits per heavy atom. The van der Waals surface area contributed by atoms with Crippen molar-refractivity contribution >= 4 is 41.3 Å². The van der Waals surface area contributed by atoms with Crippen LogP contribution in [0.25, 0.3) is 10.6 Å². The van der Waals surface area contributed by atoms with Crippen LogP contribution in [0.1, 0.15) is 12.6 Å². The van der Waals surface area contributed by atoms with Crippen molar-refractivity contribution in [3.8, 4) is 10.6 Å². The topological polar surface area (TPSA) is 61.8 Å². The lowest BCUT2D eigenvalue weighted by molar-refractivity contribution is 0.0389. The number of rotatable bonds is 7. The lowest BCUT2D eigenvalue weighted by Crippen LogP contribution is -2.44. The van der Waals surface area contributed by atoms with E-state index in [0.29, 0.717) is 6.54 Å². The van der Waals surface area contributed by atoms with Crippen LogP contribution in [0, 0.1) is 0 Å². The van der Waals surface area contributed by atoms with E-state index in [-0.39, 0.29) is 24.0 Å². The van der Waals surface area contributed by atoms with Crippen molar-refractivity contribution in [3.05, 3.63) is 41.4 Å². The Balaban J connectivity index is 0.00000261. The Bertz CT molecular complexity index is 688. The van der Waals surface area contributed by atoms with Gasteiger partial charge in [-0.3, -0.25) is 4.90 Å². The third-order valence-electron chi connectivity index (χ3n) is 4.14. The van der Waals surface area contributed by atoms with E-state index in [4.69, 9.17) is 9.72 Å². The average Bonchev–Trinajstić information content (AvgIpc) is 3.17. The summed E-state index contributed by atoms with van der Waals surface area (Å²) >= 11 is 1.66. The molecule has 0 saturated carbocycles. The number of hydrogen-bond acceptors (Lipinski definition) is 5. The third kappa shape index (κ3) is 7.36. The molecule has 0 aliphatic carbocycles. The quantitative estimate of drug-likeness (QED) is 0.347. The number of aromatic nitrogens is 1. The number of nitrogens with zero attached hydrogens (tertiary/aromatic N) is 3. The van der Waals surface area contributed by atoms with Crippen molar-refractivity contribution in [1.29, 1.82) is 0 Å². The van der Waals surface area contributed by atoms with E-state index in [1.54, 1.807) is 11.3 Å². The van der Waals surface area contributed by atoms with Crippen molar-refractivity contribution < 1.29 is 4.74 Å². The van der Waals surface area contributed by atoms with E-state index < -0.39 is 0 Å². The van der Waals surface area contributed by atoms with Crippen molar-refractivity contribution in [2.75, 3.05) is 45.9 Å². The highest BCUT2D eigenvalue weighted by Crippen LogP contribution is 2.23. The van der Waals surface area contributed by atoms with Crippen LogP contribution in [0.3, 0.4) is 0 Å². The summed E-state index contributed by atoms with van der Waals surface area (Å²) in [6, 6.07) is 10.3. The Morgan fingerprint density at radius 1 is 1.22 bits per heavy atom. The predicted molar refractivity (Wildman–Crippen MR) is 123 cm³/mol. The van der Waals surface area contributed by atoms with Crippen LogP contribution >= 0.6 is 35.3 Å². The van der Waals surface area contributed by atoms with Gasteiger partial charge in [0, 0.05) is 43.7 Å². The van der Waals surface area contributed by atoms with Crippen LogP contribution in [-0.4, -0.2) is 61.8 Å². The van der Waals surface area contributed by atoms with E-state index in [1.165, 1.54) is 0 Å². The Labute approximate surface area is 182 Å². The molecule has 1 aliphatic heterocycles. The van der Waals surface area contributed by atoms with Gasteiger partial charge in [0.2, 0.25) is 0 Å². The van der Waals surface area contributed by atoms with Gasteiger partial charge in [-0.05, 0) is 6.92 Å². The third-order valence-corrected chi connectivity index (χ3v) is 5.08. The molecule has 148 valence electrons. The highest BCUT2D eigenvalue weighted by molar-refractivity contribution is 14.0. The maximum atomic E-state index is 5.38. The molecule has 2 aromatic rings. The molecular weight excluding hydrogens is 473 g/mol. The van der Waals surface area contributed by atoms with Gasteiger partial charge in [0.05, 0.1) is 25.5 Å². The van der Waals surface area contributed by atoms with Crippen LogP contribution < -0.4 is 10.6 Å². The van der Waals surface area contributed by atoms with Gasteiger partial charge in [0.15, 0.2) is 5.96 Å². The molecule has 0 atom stereocenters. The van der Waals surface area contributed by atoms with Crippen LogP contribution in [0.2, 0.25) is 0 Å². The van der Waals surface area contributed by atoms with Gasteiger partial charge in [-0.1, -0.05) is 30.3 Å². The fourth-order valence-corrected chi connectivity index (χ4v) is 3.57. The zero-order valence-electron chi connectivity index (χ0n) is 15.7. The second kappa shape index (κ2) is 12.3. The zero-order chi connectivity index (χ0) is 18.0. The molecule has 2 heterocycles. The molecule has 6 nitrogen and oxygen atoms in total. The Morgan fingerprint density at radius 3 is 2.74 bits per heavy atom. The molecule has 0 amide bonds. The van der Waals surface area contributed by atoms with Crippen molar-refractivity contribution in [2.24, 2.45) is 4.99 Å². The maximum absolute atomic E-state index is 5.38. The van der Waals surface area contributed by atoms with Crippen molar-refractivity contribution in [1.82, 2.24) is 20.5 Å². The number of aliphatic imine (C=N–C) groups is 1. The molecule has 1 aromatic carbocycles. The molecule has 1 saturated heterocycles. The number of hydrogen-bond donors (Lipinski definition) is 2.